The Morgan fingerprint density at radius 3 is 2.14 bits per heavy atom. The van der Waals surface area contributed by atoms with Crippen LogP contribution in [0.5, 0.6) is 0 Å². The summed E-state index contributed by atoms with van der Waals surface area (Å²) in [5.74, 6) is 0. The second-order valence-electron chi connectivity index (χ2n) is 0.588. The Hall–Kier alpha value is 1.14. The molecule has 1 aromatic heterocycles. The average Bonchev–Trinajstić information content (AvgIpc) is 1.76. The second-order valence-corrected chi connectivity index (χ2v) is 0.588. The molecule has 0 saturated carbocycles. The predicted octanol–water partition coefficient (Wildman–Crippen LogP) is -0.692. The summed E-state index contributed by atoms with van der Waals surface area (Å²) in [6, 6.07) is 0. The van der Waals surface area contributed by atoms with Gasteiger partial charge in [-0.2, -0.15) is 0 Å². The fourth-order valence-corrected chi connectivity index (χ4v) is 0.136. The monoisotopic (exact) mass is 116 g/mol. The third-order valence-electron chi connectivity index (χ3n) is 0.283. The van der Waals surface area contributed by atoms with Gasteiger partial charge in [0.05, 0.1) is 6.20 Å². The molecule has 28 valence electrons. The van der Waals surface area contributed by atoms with Crippen LogP contribution in [0.15, 0.2) is 17.0 Å². The molecule has 3 nitrogen and oxygen atoms in total. The molecule has 7 heavy (non-hydrogen) atoms. The molecule has 0 bridgehead atoms. The third kappa shape index (κ3) is 5.00. The van der Waals surface area contributed by atoms with Crippen LogP contribution in [0.2, 0.25) is 0 Å². The molecule has 0 fully saturated rings. The zero-order valence-corrected chi connectivity index (χ0v) is 8.46. The van der Waals surface area contributed by atoms with Gasteiger partial charge >= 0.3 is 0 Å². The van der Waals surface area contributed by atoms with Crippen LogP contribution in [0.1, 0.15) is 0 Å². The summed E-state index contributed by atoms with van der Waals surface area (Å²) in [6.07, 6.45) is 2.88. The molecule has 0 unspecified atom stereocenters. The molecule has 1 aromatic rings. The van der Waals surface area contributed by atoms with Crippen molar-refractivity contribution < 1.29 is 4.52 Å². The van der Waals surface area contributed by atoms with E-state index in [-0.39, 0.29) is 59.1 Å². The molecule has 0 aliphatic rings. The number of aromatic nitrogens is 2. The van der Waals surface area contributed by atoms with Gasteiger partial charge in [0.2, 0.25) is 0 Å². The maximum Gasteiger partial charge on any atom is 0.144 e. The molecule has 5 heteroatoms. The minimum atomic E-state index is 0. The van der Waals surface area contributed by atoms with E-state index in [0.29, 0.717) is 0 Å². The number of nitrogens with zero attached hydrogens (tertiary/aromatic N) is 2. The standard InChI is InChI=1S/C2H2N2O.2Na/c1-2-5-4-3-1;;/h1-2H;;. The first-order chi connectivity index (χ1) is 2.50. The minimum Gasteiger partial charge on any atom is -0.346 e. The molecule has 0 aliphatic carbocycles. The van der Waals surface area contributed by atoms with E-state index in [4.69, 9.17) is 0 Å². The molecule has 0 saturated heterocycles. The Kier molecular flexibility index (Phi) is 11.2. The average molecular weight is 116 g/mol. The van der Waals surface area contributed by atoms with Crippen molar-refractivity contribution in [3.05, 3.63) is 12.5 Å². The van der Waals surface area contributed by atoms with Gasteiger partial charge in [-0.05, 0) is 0 Å². The summed E-state index contributed by atoms with van der Waals surface area (Å²) < 4.78 is 4.22. The first kappa shape index (κ1) is 11.0. The van der Waals surface area contributed by atoms with E-state index in [0.717, 1.165) is 0 Å². The molecule has 2 radical (unpaired) electrons. The van der Waals surface area contributed by atoms with Gasteiger partial charge in [0.1, 0.15) is 6.26 Å². The van der Waals surface area contributed by atoms with Crippen LogP contribution in [0.4, 0.5) is 0 Å². The first-order valence-corrected chi connectivity index (χ1v) is 1.21. The van der Waals surface area contributed by atoms with E-state index < -0.39 is 0 Å². The molecule has 0 spiro atoms. The van der Waals surface area contributed by atoms with Crippen molar-refractivity contribution in [1.82, 2.24) is 10.4 Å². The summed E-state index contributed by atoms with van der Waals surface area (Å²) in [7, 11) is 0. The van der Waals surface area contributed by atoms with E-state index in [1.165, 1.54) is 12.5 Å². The van der Waals surface area contributed by atoms with Gasteiger partial charge in [0.25, 0.3) is 0 Å². The molecule has 0 aliphatic heterocycles. The van der Waals surface area contributed by atoms with Crippen molar-refractivity contribution in [2.24, 2.45) is 0 Å². The van der Waals surface area contributed by atoms with Crippen LogP contribution in [0, 0.1) is 0 Å². The Balaban J connectivity index is 0. The number of rotatable bonds is 0. The first-order valence-electron chi connectivity index (χ1n) is 1.21. The topological polar surface area (TPSA) is 38.9 Å². The molecule has 0 atom stereocenters. The van der Waals surface area contributed by atoms with E-state index in [1.54, 1.807) is 0 Å². The summed E-state index contributed by atoms with van der Waals surface area (Å²) >= 11 is 0. The van der Waals surface area contributed by atoms with Crippen LogP contribution in [0.25, 0.3) is 0 Å². The summed E-state index contributed by atoms with van der Waals surface area (Å²) in [5, 5.41) is 6.40. The molecule has 1 rings (SSSR count). The van der Waals surface area contributed by atoms with E-state index >= 15 is 0 Å². The van der Waals surface area contributed by atoms with Crippen LogP contribution in [0.3, 0.4) is 0 Å². The van der Waals surface area contributed by atoms with Crippen molar-refractivity contribution in [1.29, 1.82) is 0 Å². The van der Waals surface area contributed by atoms with Gasteiger partial charge in [-0.15, -0.1) is 5.10 Å². The fourth-order valence-electron chi connectivity index (χ4n) is 0.136. The molecular weight excluding hydrogens is 114 g/mol. The molecule has 1 heterocycles. The van der Waals surface area contributed by atoms with Gasteiger partial charge in [-0.3, -0.25) is 0 Å². The maximum absolute atomic E-state index is 4.22. The van der Waals surface area contributed by atoms with Crippen LogP contribution < -0.4 is 0 Å². The van der Waals surface area contributed by atoms with E-state index in [2.05, 4.69) is 14.9 Å². The Morgan fingerprint density at radius 2 is 2.00 bits per heavy atom. The Morgan fingerprint density at radius 1 is 1.29 bits per heavy atom. The van der Waals surface area contributed by atoms with Crippen LogP contribution in [-0.2, 0) is 0 Å². The maximum atomic E-state index is 4.22. The van der Waals surface area contributed by atoms with Crippen molar-refractivity contribution >= 4 is 59.1 Å². The van der Waals surface area contributed by atoms with Crippen molar-refractivity contribution in [2.75, 3.05) is 0 Å². The Bertz CT molecular complexity index is 70.2. The molecule has 0 aromatic carbocycles. The van der Waals surface area contributed by atoms with Gasteiger partial charge in [-0.25, -0.2) is 0 Å². The van der Waals surface area contributed by atoms with Gasteiger partial charge in [0.15, 0.2) is 0 Å². The normalized spacial score (nSPS) is 5.71. The molecular formula is C2H2N2Na2O. The van der Waals surface area contributed by atoms with Gasteiger partial charge in [-0.1, -0.05) is 0 Å². The van der Waals surface area contributed by atoms with Crippen LogP contribution >= 0.6 is 0 Å². The van der Waals surface area contributed by atoms with Crippen molar-refractivity contribution in [3.8, 4) is 0 Å². The van der Waals surface area contributed by atoms with E-state index in [9.17, 15) is 0 Å². The second kappa shape index (κ2) is 7.14. The predicted molar refractivity (Wildman–Crippen MR) is 25.8 cm³/mol. The van der Waals surface area contributed by atoms with Gasteiger partial charge in [0, 0.05) is 64.4 Å². The third-order valence-corrected chi connectivity index (χ3v) is 0.283. The smallest absolute Gasteiger partial charge is 0.144 e. The number of hydrogen-bond donors (Lipinski definition) is 0. The van der Waals surface area contributed by atoms with Gasteiger partial charge < -0.3 is 4.52 Å². The van der Waals surface area contributed by atoms with Crippen LogP contribution in [-0.4, -0.2) is 69.5 Å². The SMILES string of the molecule is [Na].[Na].c1conn1. The van der Waals surface area contributed by atoms with Crippen molar-refractivity contribution in [3.63, 3.8) is 0 Å². The minimum absolute atomic E-state index is 0. The van der Waals surface area contributed by atoms with Crippen molar-refractivity contribution in [2.45, 2.75) is 0 Å². The summed E-state index contributed by atoms with van der Waals surface area (Å²) in [6.45, 7) is 0. The molecule has 0 amide bonds. The quantitative estimate of drug-likeness (QED) is 0.421. The Labute approximate surface area is 85.4 Å². The zero-order valence-electron chi connectivity index (χ0n) is 4.46. The van der Waals surface area contributed by atoms with E-state index in [1.807, 2.05) is 0 Å². The number of hydrogen-bond acceptors (Lipinski definition) is 3. The summed E-state index contributed by atoms with van der Waals surface area (Å²) in [4.78, 5) is 0. The summed E-state index contributed by atoms with van der Waals surface area (Å²) in [5.41, 5.74) is 0. The largest absolute Gasteiger partial charge is 0.346 e. The molecule has 0 N–H and O–H groups in total. The fraction of sp³-hybridized carbons (Fsp3) is 0. The zero-order chi connectivity index (χ0) is 3.54.